The molecule has 0 aromatic carbocycles. The molecule has 0 N–H and O–H groups in total. The molecular formula is C16H13ClN3O3S-. The van der Waals surface area contributed by atoms with Crippen molar-refractivity contribution in [2.75, 3.05) is 19.0 Å². The Hall–Kier alpha value is -2.38. The number of aliphatic carboxylic acids is 1. The SMILES string of the molecule is CN(C)c1ccc(-c2nc(-c3ccc(Cl)s3)c(CC(=O)[O-])o2)cn1. The van der Waals surface area contributed by atoms with E-state index in [-0.39, 0.29) is 12.2 Å². The molecule has 3 rings (SSSR count). The van der Waals surface area contributed by atoms with Crippen LogP contribution in [0.1, 0.15) is 5.76 Å². The summed E-state index contributed by atoms with van der Waals surface area (Å²) >= 11 is 7.26. The maximum absolute atomic E-state index is 11.0. The summed E-state index contributed by atoms with van der Waals surface area (Å²) in [6, 6.07) is 7.16. The van der Waals surface area contributed by atoms with Gasteiger partial charge in [-0.3, -0.25) is 0 Å². The van der Waals surface area contributed by atoms with Crippen molar-refractivity contribution in [3.05, 3.63) is 40.6 Å². The van der Waals surface area contributed by atoms with Crippen LogP contribution in [0.4, 0.5) is 5.82 Å². The number of oxazole rings is 1. The largest absolute Gasteiger partial charge is 0.550 e. The maximum atomic E-state index is 11.0. The lowest BCUT2D eigenvalue weighted by Crippen LogP contribution is -2.24. The topological polar surface area (TPSA) is 82.3 Å². The smallest absolute Gasteiger partial charge is 0.228 e. The van der Waals surface area contributed by atoms with Gasteiger partial charge in [-0.25, -0.2) is 9.97 Å². The van der Waals surface area contributed by atoms with Crippen LogP contribution in [0.25, 0.3) is 22.0 Å². The van der Waals surface area contributed by atoms with Gasteiger partial charge in [-0.1, -0.05) is 11.6 Å². The number of nitrogens with zero attached hydrogens (tertiary/aromatic N) is 3. The first-order valence-electron chi connectivity index (χ1n) is 7.03. The van der Waals surface area contributed by atoms with E-state index in [1.54, 1.807) is 18.3 Å². The Kier molecular flexibility index (Phi) is 4.55. The second-order valence-electron chi connectivity index (χ2n) is 5.24. The van der Waals surface area contributed by atoms with Crippen LogP contribution in [0, 0.1) is 0 Å². The Morgan fingerprint density at radius 2 is 2.12 bits per heavy atom. The molecule has 3 heterocycles. The molecule has 0 radical (unpaired) electrons. The van der Waals surface area contributed by atoms with Crippen LogP contribution >= 0.6 is 22.9 Å². The van der Waals surface area contributed by atoms with Crippen molar-refractivity contribution in [2.45, 2.75) is 6.42 Å². The summed E-state index contributed by atoms with van der Waals surface area (Å²) < 4.78 is 6.24. The summed E-state index contributed by atoms with van der Waals surface area (Å²) in [5, 5.41) is 11.0. The molecule has 24 heavy (non-hydrogen) atoms. The van der Waals surface area contributed by atoms with E-state index in [4.69, 9.17) is 16.0 Å². The van der Waals surface area contributed by atoms with E-state index in [9.17, 15) is 9.90 Å². The maximum Gasteiger partial charge on any atom is 0.228 e. The average Bonchev–Trinajstić information content (AvgIpc) is 3.13. The third-order valence-corrected chi connectivity index (χ3v) is 4.50. The Bertz CT molecular complexity index is 871. The summed E-state index contributed by atoms with van der Waals surface area (Å²) in [5.74, 6) is 0.108. The van der Waals surface area contributed by atoms with Crippen molar-refractivity contribution in [3.63, 3.8) is 0 Å². The number of aromatic nitrogens is 2. The van der Waals surface area contributed by atoms with E-state index in [2.05, 4.69) is 9.97 Å². The minimum Gasteiger partial charge on any atom is -0.550 e. The van der Waals surface area contributed by atoms with Crippen LogP contribution < -0.4 is 10.0 Å². The standard InChI is InChI=1S/C16H14ClN3O3S/c1-20(2)13-6-3-9(8-18-13)16-19-15(10(23-16)7-14(21)22)11-4-5-12(17)24-11/h3-6,8H,7H2,1-2H3,(H,21,22)/p-1. The summed E-state index contributed by atoms with van der Waals surface area (Å²) in [6.45, 7) is 0. The van der Waals surface area contributed by atoms with Gasteiger partial charge in [-0.2, -0.15) is 0 Å². The second kappa shape index (κ2) is 6.62. The van der Waals surface area contributed by atoms with Crippen molar-refractivity contribution < 1.29 is 14.3 Å². The number of rotatable bonds is 5. The first kappa shape index (κ1) is 16.5. The fourth-order valence-electron chi connectivity index (χ4n) is 2.14. The van der Waals surface area contributed by atoms with Gasteiger partial charge >= 0.3 is 0 Å². The molecule has 0 atom stereocenters. The van der Waals surface area contributed by atoms with Crippen molar-refractivity contribution in [1.82, 2.24) is 9.97 Å². The molecule has 0 unspecified atom stereocenters. The van der Waals surface area contributed by atoms with Gasteiger partial charge in [0.15, 0.2) is 0 Å². The number of carboxylic acid groups (broad SMARTS) is 1. The molecule has 0 spiro atoms. The van der Waals surface area contributed by atoms with E-state index in [0.717, 1.165) is 10.7 Å². The molecule has 0 aliphatic carbocycles. The summed E-state index contributed by atoms with van der Waals surface area (Å²) in [6.07, 6.45) is 1.27. The Morgan fingerprint density at radius 3 is 2.67 bits per heavy atom. The van der Waals surface area contributed by atoms with Gasteiger partial charge in [0, 0.05) is 32.7 Å². The van der Waals surface area contributed by atoms with Gasteiger partial charge in [-0.05, 0) is 24.3 Å². The third-order valence-electron chi connectivity index (χ3n) is 3.26. The number of halogens is 1. The molecule has 0 fully saturated rings. The lowest BCUT2D eigenvalue weighted by molar-refractivity contribution is -0.305. The minimum atomic E-state index is -1.23. The number of thiophene rings is 1. The van der Waals surface area contributed by atoms with Crippen molar-refractivity contribution in [1.29, 1.82) is 0 Å². The highest BCUT2D eigenvalue weighted by Gasteiger charge is 2.18. The molecule has 6 nitrogen and oxygen atoms in total. The van der Waals surface area contributed by atoms with Gasteiger partial charge in [0.1, 0.15) is 17.3 Å². The summed E-state index contributed by atoms with van der Waals surface area (Å²) in [4.78, 5) is 22.3. The van der Waals surface area contributed by atoms with Crippen molar-refractivity contribution >= 4 is 34.7 Å². The normalized spacial score (nSPS) is 10.8. The molecule has 0 bridgehead atoms. The van der Waals surface area contributed by atoms with Crippen molar-refractivity contribution in [2.24, 2.45) is 0 Å². The number of pyridine rings is 1. The molecule has 0 aliphatic rings. The van der Waals surface area contributed by atoms with Crippen LogP contribution in [0.2, 0.25) is 4.34 Å². The van der Waals surface area contributed by atoms with E-state index in [1.807, 2.05) is 31.1 Å². The highest BCUT2D eigenvalue weighted by atomic mass is 35.5. The average molecular weight is 363 g/mol. The predicted octanol–water partition coefficient (Wildman–Crippen LogP) is 2.48. The van der Waals surface area contributed by atoms with Gasteiger partial charge in [-0.15, -0.1) is 11.3 Å². The van der Waals surface area contributed by atoms with Gasteiger partial charge in [0.25, 0.3) is 0 Å². The molecule has 124 valence electrons. The molecule has 0 saturated carbocycles. The molecule has 0 aliphatic heterocycles. The molecule has 3 aromatic heterocycles. The fourth-order valence-corrected chi connectivity index (χ4v) is 3.19. The zero-order chi connectivity index (χ0) is 17.3. The molecule has 0 amide bonds. The summed E-state index contributed by atoms with van der Waals surface area (Å²) in [5.41, 5.74) is 1.12. The van der Waals surface area contributed by atoms with Crippen LogP contribution in [0.3, 0.4) is 0 Å². The lowest BCUT2D eigenvalue weighted by Gasteiger charge is -2.10. The number of hydrogen-bond acceptors (Lipinski definition) is 7. The number of carbonyl (C=O) groups excluding carboxylic acids is 1. The van der Waals surface area contributed by atoms with Crippen LogP contribution in [0.15, 0.2) is 34.9 Å². The Labute approximate surface area is 147 Å². The monoisotopic (exact) mass is 362 g/mol. The highest BCUT2D eigenvalue weighted by Crippen LogP contribution is 2.35. The minimum absolute atomic E-state index is 0.236. The number of carbonyl (C=O) groups is 1. The van der Waals surface area contributed by atoms with Crippen molar-refractivity contribution in [3.8, 4) is 22.0 Å². The molecule has 8 heteroatoms. The van der Waals surface area contributed by atoms with E-state index in [0.29, 0.717) is 21.5 Å². The lowest BCUT2D eigenvalue weighted by atomic mass is 10.2. The fraction of sp³-hybridized carbons (Fsp3) is 0.188. The molecular weight excluding hydrogens is 350 g/mol. The number of anilines is 1. The quantitative estimate of drug-likeness (QED) is 0.693. The van der Waals surface area contributed by atoms with E-state index in [1.165, 1.54) is 11.3 Å². The van der Waals surface area contributed by atoms with Gasteiger partial charge in [0.05, 0.1) is 14.8 Å². The first-order valence-corrected chi connectivity index (χ1v) is 8.22. The number of hydrogen-bond donors (Lipinski definition) is 0. The molecule has 3 aromatic rings. The Morgan fingerprint density at radius 1 is 1.33 bits per heavy atom. The highest BCUT2D eigenvalue weighted by molar-refractivity contribution is 7.19. The zero-order valence-electron chi connectivity index (χ0n) is 12.9. The first-order chi connectivity index (χ1) is 11.4. The van der Waals surface area contributed by atoms with Gasteiger partial charge in [0.2, 0.25) is 5.89 Å². The van der Waals surface area contributed by atoms with Crippen LogP contribution in [-0.2, 0) is 11.2 Å². The Balaban J connectivity index is 2.02. The zero-order valence-corrected chi connectivity index (χ0v) is 14.5. The second-order valence-corrected chi connectivity index (χ2v) is 6.96. The third kappa shape index (κ3) is 3.42. The number of carboxylic acids is 1. The van der Waals surface area contributed by atoms with Crippen LogP contribution in [-0.4, -0.2) is 30.0 Å². The molecule has 0 saturated heterocycles. The van der Waals surface area contributed by atoms with Crippen LogP contribution in [0.5, 0.6) is 0 Å². The predicted molar refractivity (Wildman–Crippen MR) is 91.1 cm³/mol. The van der Waals surface area contributed by atoms with Gasteiger partial charge < -0.3 is 19.2 Å². The van der Waals surface area contributed by atoms with E-state index < -0.39 is 5.97 Å². The van der Waals surface area contributed by atoms with E-state index >= 15 is 0 Å². The summed E-state index contributed by atoms with van der Waals surface area (Å²) in [7, 11) is 3.79.